The van der Waals surface area contributed by atoms with E-state index in [1.54, 1.807) is 39.6 Å². The van der Waals surface area contributed by atoms with Crippen LogP contribution in [0.1, 0.15) is 5.56 Å². The monoisotopic (exact) mass is 391 g/mol. The van der Waals surface area contributed by atoms with Crippen LogP contribution in [0.25, 0.3) is 28.1 Å². The van der Waals surface area contributed by atoms with Crippen molar-refractivity contribution in [3.05, 3.63) is 48.7 Å². The summed E-state index contributed by atoms with van der Waals surface area (Å²) in [5.74, 6) is 0.706. The first-order chi connectivity index (χ1) is 14.2. The van der Waals surface area contributed by atoms with Gasteiger partial charge in [-0.15, -0.1) is 5.10 Å². The van der Waals surface area contributed by atoms with Gasteiger partial charge < -0.3 is 9.84 Å². The maximum atomic E-state index is 9.05. The maximum Gasteiger partial charge on any atom is 0.221 e. The summed E-state index contributed by atoms with van der Waals surface area (Å²) in [5.41, 5.74) is 4.41. The summed E-state index contributed by atoms with van der Waals surface area (Å²) < 4.78 is 10.5. The zero-order valence-corrected chi connectivity index (χ0v) is 15.5. The molecule has 0 aromatic carbocycles. The molecule has 29 heavy (non-hydrogen) atoms. The van der Waals surface area contributed by atoms with Gasteiger partial charge in [-0.1, -0.05) is 5.21 Å². The Morgan fingerprint density at radius 1 is 1.17 bits per heavy atom. The van der Waals surface area contributed by atoms with E-state index >= 15 is 0 Å². The normalized spacial score (nSPS) is 11.5. The summed E-state index contributed by atoms with van der Waals surface area (Å²) in [6, 6.07) is 3.96. The molecule has 0 fully saturated rings. The van der Waals surface area contributed by atoms with Crippen molar-refractivity contribution in [1.29, 1.82) is 0 Å². The Morgan fingerprint density at radius 2 is 2.10 bits per heavy atom. The first kappa shape index (κ1) is 17.3. The third-order valence-electron chi connectivity index (χ3n) is 4.59. The van der Waals surface area contributed by atoms with Crippen LogP contribution in [0, 0.1) is 0 Å². The molecule has 11 nitrogen and oxygen atoms in total. The second kappa shape index (κ2) is 6.95. The molecule has 5 aromatic heterocycles. The van der Waals surface area contributed by atoms with Gasteiger partial charge in [0.15, 0.2) is 11.4 Å². The predicted molar refractivity (Wildman–Crippen MR) is 102 cm³/mol. The molecular weight excluding hydrogens is 374 g/mol. The number of methoxy groups -OCH3 is 1. The molecule has 5 heterocycles. The van der Waals surface area contributed by atoms with Gasteiger partial charge in [0.1, 0.15) is 5.52 Å². The number of aromatic nitrogens is 9. The highest BCUT2D eigenvalue weighted by Gasteiger charge is 2.13. The first-order valence-electron chi connectivity index (χ1n) is 8.95. The topological polar surface area (TPSA) is 121 Å². The molecule has 146 valence electrons. The van der Waals surface area contributed by atoms with Crippen molar-refractivity contribution in [2.24, 2.45) is 0 Å². The van der Waals surface area contributed by atoms with E-state index in [0.717, 1.165) is 16.6 Å². The Labute approximate surface area is 164 Å². The summed E-state index contributed by atoms with van der Waals surface area (Å²) in [6.07, 6.45) is 8.71. The van der Waals surface area contributed by atoms with Gasteiger partial charge in [0.2, 0.25) is 5.65 Å². The van der Waals surface area contributed by atoms with Crippen molar-refractivity contribution in [3.8, 4) is 17.0 Å². The number of aliphatic hydroxyl groups excluding tert-OH is 1. The van der Waals surface area contributed by atoms with Crippen molar-refractivity contribution in [3.63, 3.8) is 0 Å². The van der Waals surface area contributed by atoms with Crippen LogP contribution in [-0.4, -0.2) is 63.2 Å². The molecule has 0 bridgehead atoms. The molecule has 0 radical (unpaired) electrons. The highest BCUT2D eigenvalue weighted by Crippen LogP contribution is 2.21. The van der Waals surface area contributed by atoms with Crippen molar-refractivity contribution in [1.82, 2.24) is 44.4 Å². The van der Waals surface area contributed by atoms with Crippen molar-refractivity contribution < 1.29 is 9.84 Å². The lowest BCUT2D eigenvalue weighted by atomic mass is 10.2. The zero-order chi connectivity index (χ0) is 19.8. The molecule has 0 saturated heterocycles. The molecule has 11 heteroatoms. The number of aliphatic hydroxyl groups is 1. The fraction of sp³-hybridized carbons (Fsp3) is 0.222. The SMILES string of the molecule is COc1cnn2ccc(Cn3nnc4ncc(-c5cnn(CCO)c5)nc43)cc12. The van der Waals surface area contributed by atoms with Crippen LogP contribution in [0.2, 0.25) is 0 Å². The van der Waals surface area contributed by atoms with E-state index in [1.807, 2.05) is 24.5 Å². The Hall–Kier alpha value is -3.86. The van der Waals surface area contributed by atoms with Crippen molar-refractivity contribution in [2.75, 3.05) is 13.7 Å². The minimum atomic E-state index is 0.0227. The lowest BCUT2D eigenvalue weighted by molar-refractivity contribution is 0.269. The molecule has 0 aliphatic rings. The van der Waals surface area contributed by atoms with Gasteiger partial charge in [-0.25, -0.2) is 19.2 Å². The number of hydrogen-bond acceptors (Lipinski definition) is 8. The van der Waals surface area contributed by atoms with Crippen LogP contribution >= 0.6 is 0 Å². The summed E-state index contributed by atoms with van der Waals surface area (Å²) in [4.78, 5) is 9.05. The highest BCUT2D eigenvalue weighted by molar-refractivity contribution is 5.69. The number of rotatable bonds is 6. The quantitative estimate of drug-likeness (QED) is 0.451. The van der Waals surface area contributed by atoms with Crippen LogP contribution in [0.3, 0.4) is 0 Å². The molecule has 5 aromatic rings. The predicted octanol–water partition coefficient (Wildman–Crippen LogP) is 0.782. The van der Waals surface area contributed by atoms with Crippen molar-refractivity contribution >= 4 is 16.8 Å². The fourth-order valence-electron chi connectivity index (χ4n) is 3.15. The van der Waals surface area contributed by atoms with E-state index in [0.29, 0.717) is 35.8 Å². The van der Waals surface area contributed by atoms with Crippen LogP contribution in [0.5, 0.6) is 5.75 Å². The fourth-order valence-corrected chi connectivity index (χ4v) is 3.15. The summed E-state index contributed by atoms with van der Waals surface area (Å²) >= 11 is 0. The van der Waals surface area contributed by atoms with E-state index in [2.05, 4.69) is 30.5 Å². The summed E-state index contributed by atoms with van der Waals surface area (Å²) in [6.45, 7) is 0.924. The van der Waals surface area contributed by atoms with E-state index in [-0.39, 0.29) is 6.61 Å². The molecule has 5 rings (SSSR count). The molecule has 0 unspecified atom stereocenters. The van der Waals surface area contributed by atoms with Gasteiger partial charge in [-0.05, 0) is 17.7 Å². The largest absolute Gasteiger partial charge is 0.493 e. The van der Waals surface area contributed by atoms with E-state index < -0.39 is 0 Å². The molecular formula is C18H17N9O2. The molecule has 1 N–H and O–H groups in total. The summed E-state index contributed by atoms with van der Waals surface area (Å²) in [7, 11) is 1.62. The van der Waals surface area contributed by atoms with Gasteiger partial charge >= 0.3 is 0 Å². The zero-order valence-electron chi connectivity index (χ0n) is 15.5. The maximum absolute atomic E-state index is 9.05. The third-order valence-corrected chi connectivity index (χ3v) is 4.59. The van der Waals surface area contributed by atoms with Crippen LogP contribution < -0.4 is 4.74 Å². The molecule has 0 aliphatic carbocycles. The van der Waals surface area contributed by atoms with Gasteiger partial charge in [0.05, 0.1) is 51.1 Å². The summed E-state index contributed by atoms with van der Waals surface area (Å²) in [5, 5.41) is 25.8. The molecule has 0 atom stereocenters. The number of pyridine rings is 1. The first-order valence-corrected chi connectivity index (χ1v) is 8.95. The minimum Gasteiger partial charge on any atom is -0.493 e. The van der Waals surface area contributed by atoms with Gasteiger partial charge in [0.25, 0.3) is 0 Å². The molecule has 0 aliphatic heterocycles. The van der Waals surface area contributed by atoms with Crippen molar-refractivity contribution in [2.45, 2.75) is 13.1 Å². The Morgan fingerprint density at radius 3 is 2.97 bits per heavy atom. The number of fused-ring (bicyclic) bond motifs is 2. The second-order valence-electron chi connectivity index (χ2n) is 6.44. The smallest absolute Gasteiger partial charge is 0.221 e. The van der Waals surface area contributed by atoms with Crippen LogP contribution in [-0.2, 0) is 13.1 Å². The Kier molecular flexibility index (Phi) is 4.13. The van der Waals surface area contributed by atoms with Gasteiger partial charge in [-0.2, -0.15) is 10.2 Å². The number of nitrogens with zero attached hydrogens (tertiary/aromatic N) is 9. The Balaban J connectivity index is 1.50. The van der Waals surface area contributed by atoms with Crippen LogP contribution in [0.15, 0.2) is 43.1 Å². The molecule has 0 amide bonds. The van der Waals surface area contributed by atoms with Gasteiger partial charge in [-0.3, -0.25) is 4.68 Å². The van der Waals surface area contributed by atoms with E-state index in [1.165, 1.54) is 0 Å². The Bertz CT molecular complexity index is 1300. The highest BCUT2D eigenvalue weighted by atomic mass is 16.5. The van der Waals surface area contributed by atoms with E-state index in [4.69, 9.17) is 9.84 Å². The standard InChI is InChI=1S/C18H17N9O2/c1-29-16-9-21-26-3-2-12(6-15(16)26)10-27-18-17(23-24-27)19-8-14(22-18)13-7-20-25(11-13)4-5-28/h2-3,6-9,11,28H,4-5,10H2,1H3. The van der Waals surface area contributed by atoms with E-state index in [9.17, 15) is 0 Å². The second-order valence-corrected chi connectivity index (χ2v) is 6.44. The number of ether oxygens (including phenoxy) is 1. The minimum absolute atomic E-state index is 0.0227. The van der Waals surface area contributed by atoms with Crippen LogP contribution in [0.4, 0.5) is 0 Å². The lowest BCUT2D eigenvalue weighted by Crippen LogP contribution is -2.04. The third kappa shape index (κ3) is 3.06. The average Bonchev–Trinajstić information content (AvgIpc) is 3.46. The molecule has 0 saturated carbocycles. The lowest BCUT2D eigenvalue weighted by Gasteiger charge is -2.04. The average molecular weight is 391 g/mol. The molecule has 0 spiro atoms. The van der Waals surface area contributed by atoms with Gasteiger partial charge in [0, 0.05) is 18.0 Å². The number of hydrogen-bond donors (Lipinski definition) is 1.